The molecular formula is C57H38N4. The number of aromatic nitrogens is 4. The Morgan fingerprint density at radius 1 is 0.295 bits per heavy atom. The van der Waals surface area contributed by atoms with Crippen LogP contribution in [0.3, 0.4) is 0 Å². The third-order valence-corrected chi connectivity index (χ3v) is 12.1. The van der Waals surface area contributed by atoms with Crippen molar-refractivity contribution in [2.45, 2.75) is 0 Å². The molecule has 0 bridgehead atoms. The minimum absolute atomic E-state index is 0.933. The number of nitrogens with zero attached hydrogens (tertiary/aromatic N) is 4. The second kappa shape index (κ2) is 14.3. The molecule has 0 unspecified atom stereocenters. The first-order valence-electron chi connectivity index (χ1n) is 20.8. The predicted molar refractivity (Wildman–Crippen MR) is 254 cm³/mol. The Bertz CT molecular complexity index is 3480. The number of hydrogen-bond donors (Lipinski definition) is 0. The van der Waals surface area contributed by atoms with Gasteiger partial charge in [-0.3, -0.25) is 4.57 Å². The average molecular weight is 779 g/mol. The lowest BCUT2D eigenvalue weighted by molar-refractivity contribution is 1.10. The Hall–Kier alpha value is -8.21. The van der Waals surface area contributed by atoms with Crippen LogP contribution in [0.5, 0.6) is 0 Å². The molecule has 0 amide bonds. The molecule has 9 aromatic carbocycles. The number of imidazole rings is 1. The van der Waals surface area contributed by atoms with E-state index in [1.54, 1.807) is 0 Å². The lowest BCUT2D eigenvalue weighted by Crippen LogP contribution is -1.97. The highest BCUT2D eigenvalue weighted by molar-refractivity contribution is 6.19. The Kier molecular flexibility index (Phi) is 8.13. The summed E-state index contributed by atoms with van der Waals surface area (Å²) in [6.07, 6.45) is 2.21. The van der Waals surface area contributed by atoms with Crippen LogP contribution in [0.15, 0.2) is 231 Å². The van der Waals surface area contributed by atoms with Crippen LogP contribution in [-0.4, -0.2) is 18.7 Å². The van der Waals surface area contributed by atoms with E-state index < -0.39 is 0 Å². The summed E-state index contributed by atoms with van der Waals surface area (Å²) < 4.78 is 7.06. The normalized spacial score (nSPS) is 11.6. The molecule has 4 nitrogen and oxygen atoms in total. The molecule has 3 heterocycles. The van der Waals surface area contributed by atoms with Gasteiger partial charge in [0.05, 0.1) is 27.6 Å². The van der Waals surface area contributed by atoms with Crippen molar-refractivity contribution in [1.29, 1.82) is 0 Å². The molecule has 0 aliphatic carbocycles. The minimum Gasteiger partial charge on any atom is -0.316 e. The molecule has 0 aliphatic heterocycles. The molecule has 0 aliphatic rings. The molecule has 0 N–H and O–H groups in total. The second-order valence-electron chi connectivity index (χ2n) is 15.7. The first-order chi connectivity index (χ1) is 30.2. The summed E-state index contributed by atoms with van der Waals surface area (Å²) in [5.41, 5.74) is 17.1. The lowest BCUT2D eigenvalue weighted by atomic mass is 9.98. The maximum atomic E-state index is 5.07. The zero-order valence-electron chi connectivity index (χ0n) is 33.2. The van der Waals surface area contributed by atoms with Gasteiger partial charge in [0.15, 0.2) is 0 Å². The Labute approximate surface area is 353 Å². The van der Waals surface area contributed by atoms with E-state index in [0.717, 1.165) is 50.6 Å². The van der Waals surface area contributed by atoms with Crippen LogP contribution in [0.4, 0.5) is 0 Å². The van der Waals surface area contributed by atoms with Gasteiger partial charge >= 0.3 is 0 Å². The predicted octanol–water partition coefficient (Wildman–Crippen LogP) is 14.7. The second-order valence-corrected chi connectivity index (χ2v) is 15.7. The molecule has 61 heavy (non-hydrogen) atoms. The highest BCUT2D eigenvalue weighted by atomic mass is 15.1. The summed E-state index contributed by atoms with van der Waals surface area (Å²) in [6, 6.07) is 80.7. The average Bonchev–Trinajstić information content (AvgIpc) is 4.05. The van der Waals surface area contributed by atoms with Crippen LogP contribution in [0.1, 0.15) is 0 Å². The molecule has 0 radical (unpaired) electrons. The first kappa shape index (κ1) is 34.8. The molecule has 0 atom stereocenters. The van der Waals surface area contributed by atoms with E-state index in [9.17, 15) is 0 Å². The fourth-order valence-electron chi connectivity index (χ4n) is 9.19. The monoisotopic (exact) mass is 778 g/mol. The van der Waals surface area contributed by atoms with Crippen LogP contribution in [0, 0.1) is 0 Å². The van der Waals surface area contributed by atoms with Crippen molar-refractivity contribution in [3.63, 3.8) is 0 Å². The molecule has 12 aromatic rings. The molecule has 12 rings (SSSR count). The molecule has 0 saturated heterocycles. The SMILES string of the molecule is c1ccc(-c2cc(-c3ccccc3)cc(-n3c4ccc(-c5ccc(-n6c(-c7ccccc7)nc7ccccc76)cc5)cc4c4ccc5c(ccn5-c5ccccc5)c43)c2)cc1. The highest BCUT2D eigenvalue weighted by Crippen LogP contribution is 2.41. The van der Waals surface area contributed by atoms with Gasteiger partial charge < -0.3 is 9.13 Å². The van der Waals surface area contributed by atoms with E-state index in [1.807, 2.05) is 6.07 Å². The van der Waals surface area contributed by atoms with Crippen molar-refractivity contribution in [2.24, 2.45) is 0 Å². The molecule has 3 aromatic heterocycles. The number of hydrogen-bond acceptors (Lipinski definition) is 1. The Morgan fingerprint density at radius 2 is 0.869 bits per heavy atom. The Balaban J connectivity index is 1.06. The van der Waals surface area contributed by atoms with Crippen LogP contribution in [-0.2, 0) is 0 Å². The van der Waals surface area contributed by atoms with Gasteiger partial charge in [-0.2, -0.15) is 0 Å². The van der Waals surface area contributed by atoms with Gasteiger partial charge in [-0.05, 0) is 112 Å². The molecule has 4 heteroatoms. The highest BCUT2D eigenvalue weighted by Gasteiger charge is 2.20. The third kappa shape index (κ3) is 5.88. The van der Waals surface area contributed by atoms with Crippen LogP contribution in [0.2, 0.25) is 0 Å². The molecule has 0 saturated carbocycles. The topological polar surface area (TPSA) is 27.7 Å². The summed E-state index contributed by atoms with van der Waals surface area (Å²) in [4.78, 5) is 5.07. The summed E-state index contributed by atoms with van der Waals surface area (Å²) in [7, 11) is 0. The third-order valence-electron chi connectivity index (χ3n) is 12.1. The summed E-state index contributed by atoms with van der Waals surface area (Å²) in [6.45, 7) is 0. The van der Waals surface area contributed by atoms with Gasteiger partial charge in [-0.25, -0.2) is 4.98 Å². The van der Waals surface area contributed by atoms with Crippen molar-refractivity contribution in [3.8, 4) is 61.8 Å². The number of fused-ring (bicyclic) bond motifs is 6. The van der Waals surface area contributed by atoms with Crippen LogP contribution < -0.4 is 0 Å². The van der Waals surface area contributed by atoms with Gasteiger partial charge in [0.1, 0.15) is 5.82 Å². The number of rotatable bonds is 7. The number of benzene rings is 9. The maximum absolute atomic E-state index is 5.07. The van der Waals surface area contributed by atoms with Gasteiger partial charge in [-0.15, -0.1) is 0 Å². The van der Waals surface area contributed by atoms with Gasteiger partial charge in [-0.1, -0.05) is 146 Å². The maximum Gasteiger partial charge on any atom is 0.145 e. The largest absolute Gasteiger partial charge is 0.316 e. The van der Waals surface area contributed by atoms with Crippen molar-refractivity contribution >= 4 is 43.7 Å². The number of para-hydroxylation sites is 3. The lowest BCUT2D eigenvalue weighted by Gasteiger charge is -2.15. The van der Waals surface area contributed by atoms with E-state index in [0.29, 0.717) is 0 Å². The van der Waals surface area contributed by atoms with Crippen LogP contribution >= 0.6 is 0 Å². The van der Waals surface area contributed by atoms with E-state index in [4.69, 9.17) is 4.98 Å². The quantitative estimate of drug-likeness (QED) is 0.158. The fourth-order valence-corrected chi connectivity index (χ4v) is 9.19. The zero-order valence-corrected chi connectivity index (χ0v) is 33.2. The molecule has 0 spiro atoms. The minimum atomic E-state index is 0.933. The van der Waals surface area contributed by atoms with Crippen molar-refractivity contribution < 1.29 is 0 Å². The van der Waals surface area contributed by atoms with Crippen molar-refractivity contribution in [1.82, 2.24) is 18.7 Å². The molecular weight excluding hydrogens is 741 g/mol. The van der Waals surface area contributed by atoms with Crippen molar-refractivity contribution in [2.75, 3.05) is 0 Å². The smallest absolute Gasteiger partial charge is 0.145 e. The summed E-state index contributed by atoms with van der Waals surface area (Å²) >= 11 is 0. The molecule has 286 valence electrons. The summed E-state index contributed by atoms with van der Waals surface area (Å²) in [5, 5.41) is 3.64. The Morgan fingerprint density at radius 3 is 1.56 bits per heavy atom. The van der Waals surface area contributed by atoms with E-state index >= 15 is 0 Å². The standard InChI is InChI=1S/C57H38N4/c1-5-15-39(16-6-1)44-35-45(40-17-7-2-8-18-40)37-48(36-44)60-54-31-27-43(38-51(54)49-30-32-53-50(56(49)60)33-34-59(53)46-21-11-4-12-22-46)41-25-28-47(29-26-41)61-55-24-14-13-23-52(55)58-57(61)42-19-9-3-10-20-42/h1-38H. The van der Waals surface area contributed by atoms with E-state index in [-0.39, 0.29) is 0 Å². The fraction of sp³-hybridized carbons (Fsp3) is 0. The zero-order chi connectivity index (χ0) is 40.3. The first-order valence-corrected chi connectivity index (χ1v) is 20.8. The van der Waals surface area contributed by atoms with Crippen molar-refractivity contribution in [3.05, 3.63) is 231 Å². The molecule has 0 fully saturated rings. The summed E-state index contributed by atoms with van der Waals surface area (Å²) in [5.74, 6) is 0.933. The van der Waals surface area contributed by atoms with Gasteiger partial charge in [0.2, 0.25) is 0 Å². The van der Waals surface area contributed by atoms with Gasteiger partial charge in [0.25, 0.3) is 0 Å². The van der Waals surface area contributed by atoms with E-state index in [1.165, 1.54) is 55.0 Å². The van der Waals surface area contributed by atoms with E-state index in [2.05, 4.69) is 238 Å². The van der Waals surface area contributed by atoms with Crippen LogP contribution in [0.25, 0.3) is 106 Å². The van der Waals surface area contributed by atoms with Gasteiger partial charge in [0, 0.05) is 45.0 Å².